The number of rotatable bonds is 2. The second-order valence-electron chi connectivity index (χ2n) is 3.42. The number of benzene rings is 1. The maximum Gasteiger partial charge on any atom is 0.223 e. The summed E-state index contributed by atoms with van der Waals surface area (Å²) in [6.45, 7) is 0. The second-order valence-corrected chi connectivity index (χ2v) is 5.31. The third kappa shape index (κ3) is 1.67. The van der Waals surface area contributed by atoms with Gasteiger partial charge in [0, 0.05) is 12.7 Å². The monoisotopic (exact) mass is 237 g/mol. The molecule has 0 radical (unpaired) electrons. The van der Waals surface area contributed by atoms with Crippen molar-refractivity contribution in [3.8, 4) is 0 Å². The summed E-state index contributed by atoms with van der Waals surface area (Å²) in [6, 6.07) is 6.09. The first-order valence-electron chi connectivity index (χ1n) is 4.59. The van der Waals surface area contributed by atoms with Crippen molar-refractivity contribution in [2.75, 3.05) is 5.73 Å². The largest absolute Gasteiger partial charge is 0.399 e. The van der Waals surface area contributed by atoms with Gasteiger partial charge in [-0.3, -0.25) is 0 Å². The number of aryl methyl sites for hydroxylation is 1. The van der Waals surface area contributed by atoms with Gasteiger partial charge in [0.25, 0.3) is 0 Å². The highest BCUT2D eigenvalue weighted by Gasteiger charge is 2.20. The number of nitrogens with two attached hydrogens (primary N) is 1. The van der Waals surface area contributed by atoms with Crippen molar-refractivity contribution in [2.24, 2.45) is 7.05 Å². The van der Waals surface area contributed by atoms with Crippen LogP contribution < -0.4 is 5.73 Å². The van der Waals surface area contributed by atoms with Gasteiger partial charge in [0.05, 0.1) is 17.4 Å². The fraction of sp³-hybridized carbons (Fsp3) is 0.100. The Morgan fingerprint density at radius 1 is 1.25 bits per heavy atom. The number of imidazole rings is 1. The summed E-state index contributed by atoms with van der Waals surface area (Å²) in [5.41, 5.74) is 6.04. The van der Waals surface area contributed by atoms with Crippen molar-refractivity contribution in [1.29, 1.82) is 0 Å². The van der Waals surface area contributed by atoms with E-state index in [4.69, 9.17) is 5.73 Å². The lowest BCUT2D eigenvalue weighted by molar-refractivity contribution is 0.586. The van der Waals surface area contributed by atoms with Crippen LogP contribution in [0.2, 0.25) is 0 Å². The predicted molar refractivity (Wildman–Crippen MR) is 59.5 cm³/mol. The summed E-state index contributed by atoms with van der Waals surface area (Å²) in [5.74, 6) is 0. The summed E-state index contributed by atoms with van der Waals surface area (Å²) in [6.07, 6.45) is 2.77. The smallest absolute Gasteiger partial charge is 0.223 e. The molecule has 1 heterocycles. The molecule has 0 aliphatic heterocycles. The minimum absolute atomic E-state index is 0.164. The zero-order valence-electron chi connectivity index (χ0n) is 8.66. The summed E-state index contributed by atoms with van der Waals surface area (Å²) < 4.78 is 25.7. The van der Waals surface area contributed by atoms with Crippen LogP contribution in [-0.4, -0.2) is 18.0 Å². The van der Waals surface area contributed by atoms with Crippen molar-refractivity contribution in [3.63, 3.8) is 0 Å². The fourth-order valence-corrected chi connectivity index (χ4v) is 2.73. The number of nitrogen functional groups attached to an aromatic ring is 1. The van der Waals surface area contributed by atoms with E-state index in [1.165, 1.54) is 29.2 Å². The SMILES string of the molecule is Cn1cncc1S(=O)(=O)c1ccc(N)cc1. The van der Waals surface area contributed by atoms with Crippen molar-refractivity contribution >= 4 is 15.5 Å². The molecule has 2 N–H and O–H groups in total. The minimum Gasteiger partial charge on any atom is -0.399 e. The van der Waals surface area contributed by atoms with Gasteiger partial charge in [-0.25, -0.2) is 13.4 Å². The Morgan fingerprint density at radius 3 is 2.38 bits per heavy atom. The van der Waals surface area contributed by atoms with Gasteiger partial charge in [0.1, 0.15) is 0 Å². The maximum absolute atomic E-state index is 12.1. The Kier molecular flexibility index (Phi) is 2.43. The molecule has 1 aromatic carbocycles. The van der Waals surface area contributed by atoms with E-state index in [-0.39, 0.29) is 9.92 Å². The second kappa shape index (κ2) is 3.64. The van der Waals surface area contributed by atoms with E-state index < -0.39 is 9.84 Å². The summed E-state index contributed by atoms with van der Waals surface area (Å²) >= 11 is 0. The quantitative estimate of drug-likeness (QED) is 0.785. The Morgan fingerprint density at radius 2 is 1.88 bits per heavy atom. The first-order chi connectivity index (χ1) is 7.51. The van der Waals surface area contributed by atoms with Crippen LogP contribution in [0.3, 0.4) is 0 Å². The van der Waals surface area contributed by atoms with Crippen LogP contribution in [0, 0.1) is 0 Å². The van der Waals surface area contributed by atoms with Crippen molar-refractivity contribution in [3.05, 3.63) is 36.8 Å². The van der Waals surface area contributed by atoms with Crippen molar-refractivity contribution < 1.29 is 8.42 Å². The first kappa shape index (κ1) is 10.7. The van der Waals surface area contributed by atoms with E-state index >= 15 is 0 Å². The predicted octanol–water partition coefficient (Wildman–Crippen LogP) is 0.835. The van der Waals surface area contributed by atoms with Gasteiger partial charge in [-0.2, -0.15) is 0 Å². The molecule has 84 valence electrons. The number of anilines is 1. The minimum atomic E-state index is -3.50. The van der Waals surface area contributed by atoms with E-state index in [2.05, 4.69) is 4.98 Å². The molecule has 0 aliphatic carbocycles. The highest BCUT2D eigenvalue weighted by atomic mass is 32.2. The van der Waals surface area contributed by atoms with E-state index in [9.17, 15) is 8.42 Å². The van der Waals surface area contributed by atoms with Crippen LogP contribution in [0.1, 0.15) is 0 Å². The molecule has 1 aromatic heterocycles. The van der Waals surface area contributed by atoms with Crippen LogP contribution >= 0.6 is 0 Å². The van der Waals surface area contributed by atoms with E-state index in [1.54, 1.807) is 19.2 Å². The summed E-state index contributed by atoms with van der Waals surface area (Å²) in [7, 11) is -1.86. The number of nitrogens with zero attached hydrogens (tertiary/aromatic N) is 2. The topological polar surface area (TPSA) is 78.0 Å². The van der Waals surface area contributed by atoms with Crippen LogP contribution in [0.25, 0.3) is 0 Å². The number of hydrogen-bond donors (Lipinski definition) is 1. The van der Waals surface area contributed by atoms with Crippen molar-refractivity contribution in [2.45, 2.75) is 9.92 Å². The van der Waals surface area contributed by atoms with Crippen molar-refractivity contribution in [1.82, 2.24) is 9.55 Å². The molecule has 0 atom stereocenters. The molecule has 0 saturated carbocycles. The van der Waals surface area contributed by atoms with Gasteiger partial charge in [-0.15, -0.1) is 0 Å². The third-order valence-corrected chi connectivity index (χ3v) is 4.08. The Hall–Kier alpha value is -1.82. The standard InChI is InChI=1S/C10H11N3O2S/c1-13-7-12-6-10(13)16(14,15)9-4-2-8(11)3-5-9/h2-7H,11H2,1H3. The molecular formula is C10H11N3O2S. The number of hydrogen-bond acceptors (Lipinski definition) is 4. The molecule has 5 nitrogen and oxygen atoms in total. The molecule has 6 heteroatoms. The zero-order chi connectivity index (χ0) is 11.8. The summed E-state index contributed by atoms with van der Waals surface area (Å²) in [5, 5.41) is 0.164. The molecule has 2 rings (SSSR count). The zero-order valence-corrected chi connectivity index (χ0v) is 9.48. The Bertz CT molecular complexity index is 599. The number of sulfone groups is 1. The highest BCUT2D eigenvalue weighted by molar-refractivity contribution is 7.91. The van der Waals surface area contributed by atoms with Gasteiger partial charge in [0.2, 0.25) is 9.84 Å². The van der Waals surface area contributed by atoms with Gasteiger partial charge < -0.3 is 10.3 Å². The molecule has 0 spiro atoms. The van der Waals surface area contributed by atoms with Crippen LogP contribution in [0.15, 0.2) is 46.7 Å². The lowest BCUT2D eigenvalue weighted by Gasteiger charge is -2.04. The lowest BCUT2D eigenvalue weighted by atomic mass is 10.3. The van der Waals surface area contributed by atoms with E-state index in [0.29, 0.717) is 5.69 Å². The molecule has 0 unspecified atom stereocenters. The highest BCUT2D eigenvalue weighted by Crippen LogP contribution is 2.20. The van der Waals surface area contributed by atoms with E-state index in [1.807, 2.05) is 0 Å². The molecule has 16 heavy (non-hydrogen) atoms. The van der Waals surface area contributed by atoms with E-state index in [0.717, 1.165) is 0 Å². The molecule has 0 aliphatic rings. The van der Waals surface area contributed by atoms with Gasteiger partial charge in [-0.1, -0.05) is 0 Å². The fourth-order valence-electron chi connectivity index (χ4n) is 1.37. The first-order valence-corrected chi connectivity index (χ1v) is 6.07. The molecular weight excluding hydrogens is 226 g/mol. The number of aromatic nitrogens is 2. The third-order valence-electron chi connectivity index (χ3n) is 2.24. The lowest BCUT2D eigenvalue weighted by Crippen LogP contribution is -2.06. The Balaban J connectivity index is 2.56. The van der Waals surface area contributed by atoms with Crippen LogP contribution in [0.5, 0.6) is 0 Å². The average Bonchev–Trinajstić information content (AvgIpc) is 2.66. The molecule has 0 fully saturated rings. The van der Waals surface area contributed by atoms with Gasteiger partial charge >= 0.3 is 0 Å². The Labute approximate surface area is 93.5 Å². The molecule has 0 bridgehead atoms. The summed E-state index contributed by atoms with van der Waals surface area (Å²) in [4.78, 5) is 4.00. The molecule has 2 aromatic rings. The van der Waals surface area contributed by atoms with Gasteiger partial charge in [0.15, 0.2) is 5.03 Å². The molecule has 0 amide bonds. The van der Waals surface area contributed by atoms with Crippen LogP contribution in [-0.2, 0) is 16.9 Å². The molecule has 0 saturated heterocycles. The van der Waals surface area contributed by atoms with Gasteiger partial charge in [-0.05, 0) is 24.3 Å². The van der Waals surface area contributed by atoms with Crippen LogP contribution in [0.4, 0.5) is 5.69 Å². The normalized spacial score (nSPS) is 11.6. The maximum atomic E-state index is 12.1. The average molecular weight is 237 g/mol.